The highest BCUT2D eigenvalue weighted by Gasteiger charge is 2.25. The molecule has 37 heavy (non-hydrogen) atoms. The molecule has 1 aliphatic heterocycles. The summed E-state index contributed by atoms with van der Waals surface area (Å²) >= 11 is 5.97. The van der Waals surface area contributed by atoms with Crippen molar-refractivity contribution in [2.75, 3.05) is 13.2 Å². The fourth-order valence-electron chi connectivity index (χ4n) is 5.92. The van der Waals surface area contributed by atoms with E-state index in [-0.39, 0.29) is 17.8 Å². The Morgan fingerprint density at radius 3 is 2.65 bits per heavy atom. The summed E-state index contributed by atoms with van der Waals surface area (Å²) in [7, 11) is 0. The maximum Gasteiger partial charge on any atom is 0.251 e. The molecule has 2 aliphatic rings. The maximum atomic E-state index is 12.9. The second-order valence-corrected chi connectivity index (χ2v) is 11.2. The fourth-order valence-corrected chi connectivity index (χ4v) is 6.05. The normalized spacial score (nSPS) is 22.2. The third-order valence-electron chi connectivity index (χ3n) is 7.99. The fraction of sp³-hybridized carbons (Fsp3) is 0.500. The van der Waals surface area contributed by atoms with E-state index in [4.69, 9.17) is 21.4 Å². The van der Waals surface area contributed by atoms with E-state index in [2.05, 4.69) is 11.5 Å². The molecule has 0 bridgehead atoms. The molecule has 5 rings (SSSR count). The Morgan fingerprint density at radius 1 is 1.05 bits per heavy atom. The lowest BCUT2D eigenvalue weighted by atomic mass is 9.78. The van der Waals surface area contributed by atoms with Crippen LogP contribution in [0.2, 0.25) is 5.02 Å². The van der Waals surface area contributed by atoms with E-state index in [1.807, 2.05) is 35.9 Å². The minimum atomic E-state index is -0.0539. The summed E-state index contributed by atoms with van der Waals surface area (Å²) in [6, 6.07) is 11.0. The monoisotopic (exact) mass is 521 g/mol. The second kappa shape index (κ2) is 11.8. The van der Waals surface area contributed by atoms with Crippen LogP contribution in [0.5, 0.6) is 0 Å². The largest absolute Gasteiger partial charge is 0.376 e. The standard InChI is InChI=1S/C30H36ClN3O3/c1-20-26(30(36)32-17-25-7-2-3-14-37-25)12-13-28-27(20)19-34(33-28)18-22-6-4-5-21(15-22)16-29(35)23-8-10-24(31)11-9-23/h8-13,19,21-22,25H,2-7,14-18H2,1H3,(H,32,36). The van der Waals surface area contributed by atoms with E-state index in [0.29, 0.717) is 35.4 Å². The topological polar surface area (TPSA) is 73.2 Å². The predicted molar refractivity (Wildman–Crippen MR) is 146 cm³/mol. The third-order valence-corrected chi connectivity index (χ3v) is 8.24. The number of nitrogens with one attached hydrogen (secondary N) is 1. The molecule has 1 N–H and O–H groups in total. The molecule has 196 valence electrons. The van der Waals surface area contributed by atoms with Crippen molar-refractivity contribution in [1.29, 1.82) is 0 Å². The summed E-state index contributed by atoms with van der Waals surface area (Å²) < 4.78 is 7.78. The van der Waals surface area contributed by atoms with Crippen LogP contribution in [0, 0.1) is 18.8 Å². The summed E-state index contributed by atoms with van der Waals surface area (Å²) in [5.74, 6) is 1.03. The molecule has 2 aromatic carbocycles. The molecule has 0 spiro atoms. The molecule has 3 unspecified atom stereocenters. The summed E-state index contributed by atoms with van der Waals surface area (Å²) in [6.45, 7) is 4.17. The van der Waals surface area contributed by atoms with Crippen molar-refractivity contribution in [3.63, 3.8) is 0 Å². The van der Waals surface area contributed by atoms with E-state index in [9.17, 15) is 9.59 Å². The lowest BCUT2D eigenvalue weighted by Crippen LogP contribution is -2.35. The van der Waals surface area contributed by atoms with Crippen molar-refractivity contribution in [3.8, 4) is 0 Å². The molecule has 3 aromatic rings. The third kappa shape index (κ3) is 6.42. The summed E-state index contributed by atoms with van der Waals surface area (Å²) in [6.07, 6.45) is 10.5. The zero-order valence-electron chi connectivity index (χ0n) is 21.5. The van der Waals surface area contributed by atoms with Crippen molar-refractivity contribution < 1.29 is 14.3 Å². The van der Waals surface area contributed by atoms with E-state index in [1.165, 1.54) is 0 Å². The first-order valence-electron chi connectivity index (χ1n) is 13.6. The number of rotatable bonds is 8. The van der Waals surface area contributed by atoms with Crippen LogP contribution in [0.3, 0.4) is 0 Å². The molecule has 6 nitrogen and oxygen atoms in total. The number of hydrogen-bond donors (Lipinski definition) is 1. The Morgan fingerprint density at radius 2 is 1.86 bits per heavy atom. The van der Waals surface area contributed by atoms with Crippen LogP contribution in [-0.4, -0.2) is 40.7 Å². The van der Waals surface area contributed by atoms with Gasteiger partial charge in [0.15, 0.2) is 5.78 Å². The molecule has 1 aliphatic carbocycles. The number of fused-ring (bicyclic) bond motifs is 1. The number of carbonyl (C=O) groups excluding carboxylic acids is 2. The quantitative estimate of drug-likeness (QED) is 0.349. The molecule has 7 heteroatoms. The number of Topliss-reactive ketones (excluding diaryl/α,β-unsaturated/α-hetero) is 1. The maximum absolute atomic E-state index is 12.9. The van der Waals surface area contributed by atoms with Crippen LogP contribution in [0.4, 0.5) is 0 Å². The van der Waals surface area contributed by atoms with E-state index >= 15 is 0 Å². The first-order valence-corrected chi connectivity index (χ1v) is 14.0. The Balaban J connectivity index is 1.20. The van der Waals surface area contributed by atoms with Crippen LogP contribution in [-0.2, 0) is 11.3 Å². The van der Waals surface area contributed by atoms with Crippen molar-refractivity contribution in [3.05, 3.63) is 64.3 Å². The van der Waals surface area contributed by atoms with Crippen molar-refractivity contribution >= 4 is 34.2 Å². The smallest absolute Gasteiger partial charge is 0.251 e. The van der Waals surface area contributed by atoms with E-state index in [0.717, 1.165) is 80.1 Å². The molecule has 1 aromatic heterocycles. The average Bonchev–Trinajstić information content (AvgIpc) is 3.32. The van der Waals surface area contributed by atoms with Crippen LogP contribution >= 0.6 is 11.6 Å². The molecule has 1 saturated carbocycles. The van der Waals surface area contributed by atoms with Gasteiger partial charge in [-0.15, -0.1) is 0 Å². The first kappa shape index (κ1) is 25.9. The summed E-state index contributed by atoms with van der Waals surface area (Å²) in [5, 5.41) is 9.54. The second-order valence-electron chi connectivity index (χ2n) is 10.8. The minimum absolute atomic E-state index is 0.0539. The van der Waals surface area contributed by atoms with Gasteiger partial charge in [-0.25, -0.2) is 0 Å². The molecule has 2 heterocycles. The van der Waals surface area contributed by atoms with Crippen molar-refractivity contribution in [2.24, 2.45) is 11.8 Å². The van der Waals surface area contributed by atoms with Gasteiger partial charge in [0.25, 0.3) is 5.91 Å². The predicted octanol–water partition coefficient (Wildman–Crippen LogP) is 6.38. The van der Waals surface area contributed by atoms with Gasteiger partial charge >= 0.3 is 0 Å². The van der Waals surface area contributed by atoms with Gasteiger partial charge in [-0.05, 0) is 99.2 Å². The average molecular weight is 522 g/mol. The zero-order chi connectivity index (χ0) is 25.8. The number of halogens is 1. The Bertz CT molecular complexity index is 1250. The number of aryl methyl sites for hydroxylation is 1. The Hall–Kier alpha value is -2.70. The first-order chi connectivity index (χ1) is 18.0. The summed E-state index contributed by atoms with van der Waals surface area (Å²) in [4.78, 5) is 25.7. The minimum Gasteiger partial charge on any atom is -0.376 e. The number of nitrogens with zero attached hydrogens (tertiary/aromatic N) is 2. The highest BCUT2D eigenvalue weighted by atomic mass is 35.5. The van der Waals surface area contributed by atoms with Crippen molar-refractivity contribution in [2.45, 2.75) is 70.9 Å². The molecule has 2 fully saturated rings. The highest BCUT2D eigenvalue weighted by Crippen LogP contribution is 2.33. The molecular weight excluding hydrogens is 486 g/mol. The van der Waals surface area contributed by atoms with Gasteiger partial charge < -0.3 is 10.1 Å². The number of aromatic nitrogens is 2. The number of hydrogen-bond acceptors (Lipinski definition) is 4. The molecular formula is C30H36ClN3O3. The highest BCUT2D eigenvalue weighted by molar-refractivity contribution is 6.30. The van der Waals surface area contributed by atoms with Crippen LogP contribution in [0.25, 0.3) is 10.9 Å². The molecule has 3 atom stereocenters. The van der Waals surface area contributed by atoms with Gasteiger partial charge in [0.1, 0.15) is 0 Å². The van der Waals surface area contributed by atoms with Crippen LogP contribution < -0.4 is 5.32 Å². The SMILES string of the molecule is Cc1c(C(=O)NCC2CCCCO2)ccc2nn(CC3CCCC(CC(=O)c4ccc(Cl)cc4)C3)cc12. The van der Waals surface area contributed by atoms with Crippen molar-refractivity contribution in [1.82, 2.24) is 15.1 Å². The molecule has 1 saturated heterocycles. The number of benzene rings is 2. The van der Waals surface area contributed by atoms with Gasteiger partial charge in [-0.1, -0.05) is 18.0 Å². The van der Waals surface area contributed by atoms with Crippen LogP contribution in [0.15, 0.2) is 42.6 Å². The number of amides is 1. The Kier molecular flexibility index (Phi) is 8.26. The zero-order valence-corrected chi connectivity index (χ0v) is 22.3. The van der Waals surface area contributed by atoms with Gasteiger partial charge in [0, 0.05) is 53.8 Å². The molecule has 0 radical (unpaired) electrons. The van der Waals surface area contributed by atoms with E-state index < -0.39 is 0 Å². The van der Waals surface area contributed by atoms with Gasteiger partial charge in [0.05, 0.1) is 11.6 Å². The lowest BCUT2D eigenvalue weighted by molar-refractivity contribution is 0.0169. The van der Waals surface area contributed by atoms with Crippen LogP contribution in [0.1, 0.15) is 77.6 Å². The van der Waals surface area contributed by atoms with E-state index in [1.54, 1.807) is 12.1 Å². The number of ether oxygens (including phenoxy) is 1. The Labute approximate surface area is 223 Å². The summed E-state index contributed by atoms with van der Waals surface area (Å²) in [5.41, 5.74) is 3.31. The lowest BCUT2D eigenvalue weighted by Gasteiger charge is -2.28. The van der Waals surface area contributed by atoms with Gasteiger partial charge in [-0.3, -0.25) is 14.3 Å². The van der Waals surface area contributed by atoms with Gasteiger partial charge in [0.2, 0.25) is 0 Å². The number of ketones is 1. The van der Waals surface area contributed by atoms with Gasteiger partial charge in [-0.2, -0.15) is 5.10 Å². The number of carbonyl (C=O) groups is 2. The molecule has 1 amide bonds.